The molecule has 5 nitrogen and oxygen atoms in total. The van der Waals surface area contributed by atoms with Gasteiger partial charge in [-0.2, -0.15) is 9.40 Å². The summed E-state index contributed by atoms with van der Waals surface area (Å²) in [6, 6.07) is 0. The van der Waals surface area contributed by atoms with Crippen LogP contribution in [0.3, 0.4) is 0 Å². The maximum Gasteiger partial charge on any atom is 0.214 e. The number of aromatic nitrogens is 2. The fourth-order valence-corrected chi connectivity index (χ4v) is 3.10. The minimum atomic E-state index is -3.08. The molecule has 1 aromatic heterocycles. The molecule has 2 heterocycles. The minimum Gasteiger partial charge on any atom is -0.282 e. The van der Waals surface area contributed by atoms with E-state index in [1.165, 1.54) is 0 Å². The second-order valence-electron chi connectivity index (χ2n) is 3.97. The second-order valence-corrected chi connectivity index (χ2v) is 6.22. The standard InChI is InChI=1S/C10H17N3O2S/c1-3-9-8-7-13(16(14,15)4-2)6-5-10(8)12-11-9/h3-7H2,1-2H3,(H,11,12). The van der Waals surface area contributed by atoms with Crippen molar-refractivity contribution in [1.29, 1.82) is 0 Å². The average Bonchev–Trinajstić information content (AvgIpc) is 2.70. The Labute approximate surface area is 95.9 Å². The van der Waals surface area contributed by atoms with Crippen molar-refractivity contribution in [2.24, 2.45) is 0 Å². The van der Waals surface area contributed by atoms with Gasteiger partial charge in [-0.1, -0.05) is 6.92 Å². The van der Waals surface area contributed by atoms with Gasteiger partial charge in [-0.15, -0.1) is 0 Å². The van der Waals surface area contributed by atoms with E-state index in [9.17, 15) is 8.42 Å². The Hall–Kier alpha value is -0.880. The molecule has 1 aliphatic heterocycles. The number of aryl methyl sites for hydroxylation is 1. The summed E-state index contributed by atoms with van der Waals surface area (Å²) in [6.07, 6.45) is 1.58. The molecule has 0 saturated carbocycles. The van der Waals surface area contributed by atoms with Crippen LogP contribution in [-0.2, 0) is 29.4 Å². The number of hydrogen-bond acceptors (Lipinski definition) is 3. The first kappa shape index (κ1) is 11.6. The average molecular weight is 243 g/mol. The van der Waals surface area contributed by atoms with Gasteiger partial charge in [0.25, 0.3) is 0 Å². The maximum atomic E-state index is 11.8. The Morgan fingerprint density at radius 1 is 1.44 bits per heavy atom. The number of H-pyrrole nitrogens is 1. The van der Waals surface area contributed by atoms with Crippen LogP contribution in [0.2, 0.25) is 0 Å². The van der Waals surface area contributed by atoms with Gasteiger partial charge in [-0.05, 0) is 13.3 Å². The van der Waals surface area contributed by atoms with Crippen molar-refractivity contribution in [3.63, 3.8) is 0 Å². The highest BCUT2D eigenvalue weighted by molar-refractivity contribution is 7.89. The molecule has 0 unspecified atom stereocenters. The third-order valence-corrected chi connectivity index (χ3v) is 4.91. The van der Waals surface area contributed by atoms with Crippen LogP contribution in [0.5, 0.6) is 0 Å². The van der Waals surface area contributed by atoms with Gasteiger partial charge >= 0.3 is 0 Å². The third-order valence-electron chi connectivity index (χ3n) is 3.08. The number of rotatable bonds is 3. The van der Waals surface area contributed by atoms with E-state index >= 15 is 0 Å². The Bertz CT molecular complexity index is 465. The van der Waals surface area contributed by atoms with Crippen LogP contribution in [-0.4, -0.2) is 35.2 Å². The number of nitrogens with zero attached hydrogens (tertiary/aromatic N) is 2. The topological polar surface area (TPSA) is 66.1 Å². The fraction of sp³-hybridized carbons (Fsp3) is 0.700. The maximum absolute atomic E-state index is 11.8. The lowest BCUT2D eigenvalue weighted by Crippen LogP contribution is -2.37. The van der Waals surface area contributed by atoms with Crippen LogP contribution >= 0.6 is 0 Å². The van der Waals surface area contributed by atoms with E-state index < -0.39 is 10.0 Å². The smallest absolute Gasteiger partial charge is 0.214 e. The first-order chi connectivity index (χ1) is 7.58. The van der Waals surface area contributed by atoms with Crippen LogP contribution in [0.1, 0.15) is 30.8 Å². The second kappa shape index (κ2) is 4.18. The molecule has 0 amide bonds. The summed E-state index contributed by atoms with van der Waals surface area (Å²) in [5, 5.41) is 7.21. The molecule has 90 valence electrons. The van der Waals surface area contributed by atoms with Crippen LogP contribution in [0.15, 0.2) is 0 Å². The summed E-state index contributed by atoms with van der Waals surface area (Å²) in [5.74, 6) is 0.168. The predicted molar refractivity (Wildman–Crippen MR) is 61.5 cm³/mol. The van der Waals surface area contributed by atoms with Gasteiger partial charge in [0.05, 0.1) is 11.4 Å². The molecule has 0 spiro atoms. The van der Waals surface area contributed by atoms with E-state index in [2.05, 4.69) is 10.2 Å². The molecule has 16 heavy (non-hydrogen) atoms. The lowest BCUT2D eigenvalue weighted by molar-refractivity contribution is 0.389. The summed E-state index contributed by atoms with van der Waals surface area (Å²) in [4.78, 5) is 0. The van der Waals surface area contributed by atoms with Crippen molar-refractivity contribution in [3.8, 4) is 0 Å². The zero-order valence-electron chi connectivity index (χ0n) is 9.65. The lowest BCUT2D eigenvalue weighted by Gasteiger charge is -2.25. The van der Waals surface area contributed by atoms with Gasteiger partial charge < -0.3 is 0 Å². The number of fused-ring (bicyclic) bond motifs is 1. The van der Waals surface area contributed by atoms with Crippen molar-refractivity contribution in [2.75, 3.05) is 12.3 Å². The van der Waals surface area contributed by atoms with Crippen LogP contribution < -0.4 is 0 Å². The van der Waals surface area contributed by atoms with Gasteiger partial charge in [0, 0.05) is 30.8 Å². The largest absolute Gasteiger partial charge is 0.282 e. The highest BCUT2D eigenvalue weighted by Crippen LogP contribution is 2.22. The van der Waals surface area contributed by atoms with Crippen molar-refractivity contribution in [3.05, 3.63) is 17.0 Å². The first-order valence-electron chi connectivity index (χ1n) is 5.61. The Kier molecular flexibility index (Phi) is 3.03. The van der Waals surface area contributed by atoms with E-state index in [1.54, 1.807) is 11.2 Å². The molecule has 0 radical (unpaired) electrons. The molecule has 6 heteroatoms. The number of hydrogen-bond donors (Lipinski definition) is 1. The van der Waals surface area contributed by atoms with E-state index in [0.717, 1.165) is 29.8 Å². The molecule has 0 aliphatic carbocycles. The summed E-state index contributed by atoms with van der Waals surface area (Å²) in [6.45, 7) is 4.75. The molecule has 2 rings (SSSR count). The quantitative estimate of drug-likeness (QED) is 0.849. The summed E-state index contributed by atoms with van der Waals surface area (Å²) in [5.41, 5.74) is 3.16. The van der Waals surface area contributed by atoms with E-state index in [0.29, 0.717) is 13.1 Å². The van der Waals surface area contributed by atoms with E-state index in [-0.39, 0.29) is 5.75 Å². The van der Waals surface area contributed by atoms with Crippen LogP contribution in [0.25, 0.3) is 0 Å². The number of aromatic amines is 1. The van der Waals surface area contributed by atoms with Crippen molar-refractivity contribution >= 4 is 10.0 Å². The fourth-order valence-electron chi connectivity index (χ4n) is 2.04. The monoisotopic (exact) mass is 243 g/mol. The van der Waals surface area contributed by atoms with E-state index in [4.69, 9.17) is 0 Å². The molecule has 1 aromatic rings. The SMILES string of the molecule is CCc1n[nH]c2c1CN(S(=O)(=O)CC)CC2. The molecule has 0 aromatic carbocycles. The van der Waals surface area contributed by atoms with Crippen molar-refractivity contribution in [1.82, 2.24) is 14.5 Å². The van der Waals surface area contributed by atoms with Crippen molar-refractivity contribution < 1.29 is 8.42 Å². The molecule has 1 N–H and O–H groups in total. The van der Waals surface area contributed by atoms with Gasteiger partial charge in [0.1, 0.15) is 0 Å². The minimum absolute atomic E-state index is 0.168. The Morgan fingerprint density at radius 3 is 2.81 bits per heavy atom. The highest BCUT2D eigenvalue weighted by Gasteiger charge is 2.27. The van der Waals surface area contributed by atoms with Crippen LogP contribution in [0, 0.1) is 0 Å². The normalized spacial score (nSPS) is 17.4. The summed E-state index contributed by atoms with van der Waals surface area (Å²) >= 11 is 0. The predicted octanol–water partition coefficient (Wildman–Crippen LogP) is 0.680. The summed E-state index contributed by atoms with van der Waals surface area (Å²) < 4.78 is 25.1. The number of sulfonamides is 1. The first-order valence-corrected chi connectivity index (χ1v) is 7.22. The molecular formula is C10H17N3O2S. The zero-order chi connectivity index (χ0) is 11.8. The molecular weight excluding hydrogens is 226 g/mol. The highest BCUT2D eigenvalue weighted by atomic mass is 32.2. The van der Waals surface area contributed by atoms with Crippen molar-refractivity contribution in [2.45, 2.75) is 33.2 Å². The van der Waals surface area contributed by atoms with Crippen LogP contribution in [0.4, 0.5) is 0 Å². The van der Waals surface area contributed by atoms with E-state index in [1.807, 2.05) is 6.92 Å². The molecule has 1 aliphatic rings. The van der Waals surface area contributed by atoms with Gasteiger partial charge in [0.15, 0.2) is 0 Å². The molecule has 0 atom stereocenters. The van der Waals surface area contributed by atoms with Gasteiger partial charge in [-0.3, -0.25) is 5.10 Å². The third kappa shape index (κ3) is 1.87. The lowest BCUT2D eigenvalue weighted by atomic mass is 10.1. The number of nitrogens with one attached hydrogen (secondary N) is 1. The summed E-state index contributed by atoms with van der Waals surface area (Å²) in [7, 11) is -3.08. The molecule has 0 fully saturated rings. The molecule has 0 saturated heterocycles. The van der Waals surface area contributed by atoms with Gasteiger partial charge in [-0.25, -0.2) is 8.42 Å². The Balaban J connectivity index is 2.29. The zero-order valence-corrected chi connectivity index (χ0v) is 10.5. The molecule has 0 bridgehead atoms. The van der Waals surface area contributed by atoms with Gasteiger partial charge in [0.2, 0.25) is 10.0 Å². The Morgan fingerprint density at radius 2 is 2.19 bits per heavy atom.